The molecule has 0 radical (unpaired) electrons. The van der Waals surface area contributed by atoms with E-state index < -0.39 is 5.82 Å². The second-order valence-corrected chi connectivity index (χ2v) is 7.00. The van der Waals surface area contributed by atoms with Gasteiger partial charge in [-0.15, -0.1) is 0 Å². The van der Waals surface area contributed by atoms with Crippen molar-refractivity contribution in [2.45, 2.75) is 31.7 Å². The molecular formula is C22H27FN2O2. The fourth-order valence-electron chi connectivity index (χ4n) is 3.41. The summed E-state index contributed by atoms with van der Waals surface area (Å²) in [6, 6.07) is 15.7. The van der Waals surface area contributed by atoms with Gasteiger partial charge in [-0.25, -0.2) is 4.39 Å². The van der Waals surface area contributed by atoms with Crippen LogP contribution in [0, 0.1) is 11.7 Å². The van der Waals surface area contributed by atoms with Gasteiger partial charge >= 0.3 is 0 Å². The minimum Gasteiger partial charge on any atom is -0.488 e. The van der Waals surface area contributed by atoms with Crippen molar-refractivity contribution in [1.29, 1.82) is 0 Å². The number of ether oxygens (including phenoxy) is 1. The van der Waals surface area contributed by atoms with E-state index in [2.05, 4.69) is 10.6 Å². The number of nitrogens with one attached hydrogen (secondary N) is 2. The highest BCUT2D eigenvalue weighted by molar-refractivity contribution is 5.76. The number of piperidine rings is 1. The van der Waals surface area contributed by atoms with E-state index in [-0.39, 0.29) is 24.3 Å². The smallest absolute Gasteiger partial charge is 0.220 e. The maximum atomic E-state index is 13.8. The Bertz CT molecular complexity index is 717. The topological polar surface area (TPSA) is 50.4 Å². The lowest BCUT2D eigenvalue weighted by Gasteiger charge is -2.23. The van der Waals surface area contributed by atoms with E-state index >= 15 is 0 Å². The molecule has 1 fully saturated rings. The summed E-state index contributed by atoms with van der Waals surface area (Å²) in [6.45, 7) is 2.26. The van der Waals surface area contributed by atoms with E-state index in [9.17, 15) is 9.18 Å². The Balaban J connectivity index is 1.58. The third-order valence-electron chi connectivity index (χ3n) is 5.02. The highest BCUT2D eigenvalue weighted by Gasteiger charge is 2.18. The van der Waals surface area contributed by atoms with Gasteiger partial charge < -0.3 is 15.4 Å². The molecule has 27 heavy (non-hydrogen) atoms. The largest absolute Gasteiger partial charge is 0.488 e. The number of halogens is 1. The molecule has 1 unspecified atom stereocenters. The fraction of sp³-hybridized carbons (Fsp3) is 0.409. The van der Waals surface area contributed by atoms with Crippen molar-refractivity contribution in [2.24, 2.45) is 5.92 Å². The molecule has 144 valence electrons. The van der Waals surface area contributed by atoms with E-state index in [1.165, 1.54) is 6.07 Å². The quantitative estimate of drug-likeness (QED) is 0.742. The van der Waals surface area contributed by atoms with Gasteiger partial charge in [-0.2, -0.15) is 0 Å². The Morgan fingerprint density at radius 3 is 2.56 bits per heavy atom. The van der Waals surface area contributed by atoms with Crippen LogP contribution in [0.3, 0.4) is 0 Å². The summed E-state index contributed by atoms with van der Waals surface area (Å²) in [5.74, 6) is 0.422. The first kappa shape index (κ1) is 19.4. The Morgan fingerprint density at radius 2 is 1.81 bits per heavy atom. The van der Waals surface area contributed by atoms with Gasteiger partial charge in [-0.05, 0) is 56.0 Å². The molecule has 2 N–H and O–H groups in total. The van der Waals surface area contributed by atoms with Gasteiger partial charge in [0, 0.05) is 6.42 Å². The van der Waals surface area contributed by atoms with Crippen LogP contribution in [0.15, 0.2) is 54.6 Å². The van der Waals surface area contributed by atoms with Crippen molar-refractivity contribution in [3.63, 3.8) is 0 Å². The molecular weight excluding hydrogens is 343 g/mol. The highest BCUT2D eigenvalue weighted by atomic mass is 19.1. The molecule has 0 aromatic heterocycles. The van der Waals surface area contributed by atoms with E-state index in [0.29, 0.717) is 12.3 Å². The van der Waals surface area contributed by atoms with Crippen LogP contribution in [0.5, 0.6) is 5.75 Å². The van der Waals surface area contributed by atoms with E-state index in [1.54, 1.807) is 18.2 Å². The molecule has 0 bridgehead atoms. The molecule has 0 saturated carbocycles. The number of carbonyl (C=O) groups is 1. The number of rotatable bonds is 8. The van der Waals surface area contributed by atoms with E-state index in [1.807, 2.05) is 30.3 Å². The average Bonchev–Trinajstić information content (AvgIpc) is 2.72. The molecule has 2 aromatic carbocycles. The maximum Gasteiger partial charge on any atom is 0.220 e. The number of hydrogen-bond acceptors (Lipinski definition) is 3. The van der Waals surface area contributed by atoms with Crippen LogP contribution >= 0.6 is 0 Å². The lowest BCUT2D eigenvalue weighted by Crippen LogP contribution is -2.33. The Morgan fingerprint density at radius 1 is 1.11 bits per heavy atom. The third kappa shape index (κ3) is 6.07. The van der Waals surface area contributed by atoms with E-state index in [4.69, 9.17) is 4.74 Å². The van der Waals surface area contributed by atoms with Crippen molar-refractivity contribution in [3.05, 3.63) is 66.0 Å². The SMILES string of the molecule is O=C(CCC1CCNCC1)NC(COc1ccccc1F)c1ccccc1. The number of amides is 1. The van der Waals surface area contributed by atoms with Gasteiger partial charge in [-0.1, -0.05) is 42.5 Å². The van der Waals surface area contributed by atoms with Crippen molar-refractivity contribution >= 4 is 5.91 Å². The van der Waals surface area contributed by atoms with Crippen molar-refractivity contribution < 1.29 is 13.9 Å². The number of carbonyl (C=O) groups excluding carboxylic acids is 1. The summed E-state index contributed by atoms with van der Waals surface area (Å²) in [7, 11) is 0. The van der Waals surface area contributed by atoms with Crippen LogP contribution < -0.4 is 15.4 Å². The van der Waals surface area contributed by atoms with Gasteiger partial charge in [0.05, 0.1) is 6.04 Å². The zero-order chi connectivity index (χ0) is 18.9. The predicted octanol–water partition coefficient (Wildman–Crippen LogP) is 3.84. The summed E-state index contributed by atoms with van der Waals surface area (Å²) in [4.78, 5) is 12.5. The monoisotopic (exact) mass is 370 g/mol. The predicted molar refractivity (Wildman–Crippen MR) is 104 cm³/mol. The van der Waals surface area contributed by atoms with Crippen LogP contribution in [0.25, 0.3) is 0 Å². The molecule has 3 rings (SSSR count). The summed E-state index contributed by atoms with van der Waals surface area (Å²) in [5.41, 5.74) is 0.948. The van der Waals surface area contributed by atoms with Gasteiger partial charge in [0.25, 0.3) is 0 Å². The molecule has 1 heterocycles. The summed E-state index contributed by atoms with van der Waals surface area (Å²) >= 11 is 0. The second-order valence-electron chi connectivity index (χ2n) is 7.00. The number of hydrogen-bond donors (Lipinski definition) is 2. The van der Waals surface area contributed by atoms with Crippen LogP contribution in [-0.2, 0) is 4.79 Å². The Kier molecular flexibility index (Phi) is 7.22. The number of benzene rings is 2. The molecule has 4 nitrogen and oxygen atoms in total. The van der Waals surface area contributed by atoms with Gasteiger partial charge in [0.15, 0.2) is 11.6 Å². The van der Waals surface area contributed by atoms with Crippen LogP contribution in [0.4, 0.5) is 4.39 Å². The maximum absolute atomic E-state index is 13.8. The highest BCUT2D eigenvalue weighted by Crippen LogP contribution is 2.21. The molecule has 1 amide bonds. The minimum atomic E-state index is -0.401. The minimum absolute atomic E-state index is 0.0134. The third-order valence-corrected chi connectivity index (χ3v) is 5.02. The van der Waals surface area contributed by atoms with Crippen molar-refractivity contribution in [1.82, 2.24) is 10.6 Å². The zero-order valence-corrected chi connectivity index (χ0v) is 15.5. The number of para-hydroxylation sites is 1. The Hall–Kier alpha value is -2.40. The first-order valence-corrected chi connectivity index (χ1v) is 9.64. The van der Waals surface area contributed by atoms with Crippen LogP contribution in [0.2, 0.25) is 0 Å². The molecule has 0 aliphatic carbocycles. The lowest BCUT2D eigenvalue weighted by molar-refractivity contribution is -0.122. The molecule has 2 aromatic rings. The van der Waals surface area contributed by atoms with Crippen molar-refractivity contribution in [2.75, 3.05) is 19.7 Å². The van der Waals surface area contributed by atoms with Crippen molar-refractivity contribution in [3.8, 4) is 5.75 Å². The molecule has 5 heteroatoms. The molecule has 1 atom stereocenters. The first-order chi connectivity index (χ1) is 13.2. The average molecular weight is 370 g/mol. The first-order valence-electron chi connectivity index (χ1n) is 9.64. The summed E-state index contributed by atoms with van der Waals surface area (Å²) in [5, 5.41) is 6.41. The zero-order valence-electron chi connectivity index (χ0n) is 15.5. The summed E-state index contributed by atoms with van der Waals surface area (Å²) in [6.07, 6.45) is 3.68. The Labute approximate surface area is 160 Å². The van der Waals surface area contributed by atoms with Crippen LogP contribution in [0.1, 0.15) is 37.3 Å². The lowest BCUT2D eigenvalue weighted by atomic mass is 9.93. The fourth-order valence-corrected chi connectivity index (χ4v) is 3.41. The second kappa shape index (κ2) is 10.1. The molecule has 1 aliphatic rings. The summed E-state index contributed by atoms with van der Waals surface area (Å²) < 4.78 is 19.5. The van der Waals surface area contributed by atoms with E-state index in [0.717, 1.165) is 37.9 Å². The van der Waals surface area contributed by atoms with Gasteiger partial charge in [0.2, 0.25) is 5.91 Å². The molecule has 0 spiro atoms. The van der Waals surface area contributed by atoms with Crippen LogP contribution in [-0.4, -0.2) is 25.6 Å². The molecule has 1 aliphatic heterocycles. The van der Waals surface area contributed by atoms with Gasteiger partial charge in [-0.3, -0.25) is 4.79 Å². The van der Waals surface area contributed by atoms with Gasteiger partial charge in [0.1, 0.15) is 6.61 Å². The standard InChI is InChI=1S/C22H27FN2O2/c23-19-8-4-5-9-21(19)27-16-20(18-6-2-1-3-7-18)25-22(26)11-10-17-12-14-24-15-13-17/h1-9,17,20,24H,10-16H2,(H,25,26). The normalized spacial score (nSPS) is 15.9. The molecule has 1 saturated heterocycles.